The zero-order valence-electron chi connectivity index (χ0n) is 14.8. The van der Waals surface area contributed by atoms with Gasteiger partial charge in [-0.1, -0.05) is 0 Å². The maximum absolute atomic E-state index is 8.52. The molecule has 24 heavy (non-hydrogen) atoms. The van der Waals surface area contributed by atoms with Crippen LogP contribution in [0.25, 0.3) is 0 Å². The van der Waals surface area contributed by atoms with Crippen molar-refractivity contribution in [1.29, 1.82) is 5.26 Å². The van der Waals surface area contributed by atoms with Crippen LogP contribution in [0.5, 0.6) is 0 Å². The molecule has 144 valence electrons. The van der Waals surface area contributed by atoms with Crippen LogP contribution in [0.3, 0.4) is 0 Å². The Morgan fingerprint density at radius 1 is 0.958 bits per heavy atom. The molecular formula is C14H28Cl2NNaO4PdS. The Morgan fingerprint density at radius 3 is 1.38 bits per heavy atom. The summed E-state index contributed by atoms with van der Waals surface area (Å²) in [7, 11) is 4.46. The van der Waals surface area contributed by atoms with Gasteiger partial charge in [0, 0.05) is 17.3 Å². The summed E-state index contributed by atoms with van der Waals surface area (Å²) >= 11 is 1.30. The molecule has 5 nitrogen and oxygen atoms in total. The van der Waals surface area contributed by atoms with Gasteiger partial charge in [-0.25, -0.2) is 0 Å². The molecular weight excluding hydrogens is 479 g/mol. The van der Waals surface area contributed by atoms with Crippen molar-refractivity contribution >= 4 is 57.4 Å². The Hall–Kier alpha value is 1.60. The Labute approximate surface area is 182 Å². The van der Waals surface area contributed by atoms with Gasteiger partial charge in [0.25, 0.3) is 0 Å². The quantitative estimate of drug-likeness (QED) is 0.178. The molecule has 0 aromatic heterocycles. The summed E-state index contributed by atoms with van der Waals surface area (Å²) in [5.74, 6) is 0. The molecule has 0 saturated heterocycles. The molecule has 0 heterocycles. The third-order valence-electron chi connectivity index (χ3n) is 2.71. The number of nitriles is 1. The van der Waals surface area contributed by atoms with E-state index in [4.69, 9.17) is 41.8 Å². The van der Waals surface area contributed by atoms with Crippen LogP contribution in [0.15, 0.2) is 0 Å². The van der Waals surface area contributed by atoms with Gasteiger partial charge >= 0.3 is 138 Å². The van der Waals surface area contributed by atoms with Gasteiger partial charge in [-0.3, -0.25) is 8.42 Å². The second-order valence-corrected chi connectivity index (χ2v) is 9.04. The molecule has 0 bridgehead atoms. The fourth-order valence-electron chi connectivity index (χ4n) is 1.74. The van der Waals surface area contributed by atoms with Crippen LogP contribution in [0, 0.1) is 11.3 Å². The van der Waals surface area contributed by atoms with E-state index in [0.29, 0.717) is 0 Å². The molecule has 0 aliphatic heterocycles. The van der Waals surface area contributed by atoms with Crippen LogP contribution < -0.4 is 0 Å². The van der Waals surface area contributed by atoms with Crippen molar-refractivity contribution in [3.63, 3.8) is 0 Å². The third kappa shape index (κ3) is 89.6. The van der Waals surface area contributed by atoms with Gasteiger partial charge in [0.1, 0.15) is 0 Å². The molecule has 0 rings (SSSR count). The van der Waals surface area contributed by atoms with Crippen molar-refractivity contribution in [3.8, 4) is 6.07 Å². The van der Waals surface area contributed by atoms with E-state index in [0.717, 1.165) is 0 Å². The van der Waals surface area contributed by atoms with Crippen LogP contribution in [0.2, 0.25) is 3.67 Å². The van der Waals surface area contributed by atoms with Gasteiger partial charge in [0.05, 0.1) is 6.07 Å². The summed E-state index contributed by atoms with van der Waals surface area (Å²) in [4.78, 5) is 0. The Kier molecular flexibility index (Phi) is 44.7. The standard InChI is InChI=1S/C12H25.C2H3N.2ClH.Na.H2O4S.Pd/c1-3-5-7-9-11-12-10-8-6-4-2;1-2-3;;;;1-5(2,3)4;/h1,3-12H2,2H3;1H3;2*1H;;(H2,1,2,3,4);/q;;;;;;+4/p-4. The van der Waals surface area contributed by atoms with Gasteiger partial charge in [-0.2, -0.15) is 5.26 Å². The molecule has 0 amide bonds. The number of halogens is 2. The monoisotopic (exact) mass is 505 g/mol. The van der Waals surface area contributed by atoms with E-state index in [-0.39, 0.29) is 15.9 Å². The van der Waals surface area contributed by atoms with Crippen molar-refractivity contribution < 1.29 is 33.5 Å². The van der Waals surface area contributed by atoms with E-state index in [1.807, 2.05) is 0 Å². The van der Waals surface area contributed by atoms with Gasteiger partial charge < -0.3 is 9.11 Å². The first-order chi connectivity index (χ1) is 11.2. The molecule has 0 saturated carbocycles. The van der Waals surface area contributed by atoms with Crippen LogP contribution >= 0.6 is 19.1 Å². The molecule has 0 aliphatic carbocycles. The average molecular weight is 507 g/mol. The average Bonchev–Trinajstić information content (AvgIpc) is 2.46. The van der Waals surface area contributed by atoms with Gasteiger partial charge in [0.15, 0.2) is 0 Å². The van der Waals surface area contributed by atoms with E-state index in [1.54, 1.807) is 6.07 Å². The van der Waals surface area contributed by atoms with E-state index < -0.39 is 10.4 Å². The SMILES string of the molecule is CC#N.CCCCCCCCCCC[CH2][Na].O=S(=O)([O-])[O-].[Cl][Pd+2][Cl]. The number of rotatable bonds is 10. The fourth-order valence-corrected chi connectivity index (χ4v) is 2.24. The van der Waals surface area contributed by atoms with E-state index >= 15 is 0 Å². The van der Waals surface area contributed by atoms with Crippen LogP contribution in [-0.2, 0) is 26.3 Å². The second-order valence-electron chi connectivity index (χ2n) is 4.86. The summed E-state index contributed by atoms with van der Waals surface area (Å²) in [6.45, 7) is 3.72. The molecule has 0 spiro atoms. The zero-order valence-corrected chi connectivity index (χ0v) is 20.7. The second kappa shape index (κ2) is 32.3. The molecule has 10 heteroatoms. The van der Waals surface area contributed by atoms with Crippen molar-refractivity contribution in [2.45, 2.75) is 81.7 Å². The van der Waals surface area contributed by atoms with E-state index in [1.165, 1.54) is 103 Å². The first-order valence-corrected chi connectivity index (χ1v) is 14.8. The third-order valence-corrected chi connectivity index (χ3v) is 3.41. The van der Waals surface area contributed by atoms with Crippen LogP contribution in [0.4, 0.5) is 0 Å². The maximum atomic E-state index is 8.52. The van der Waals surface area contributed by atoms with Crippen LogP contribution in [0.1, 0.15) is 78.1 Å². The van der Waals surface area contributed by atoms with E-state index in [2.05, 4.69) is 6.92 Å². The topological polar surface area (TPSA) is 104 Å². The van der Waals surface area contributed by atoms with Crippen molar-refractivity contribution in [1.82, 2.24) is 0 Å². The van der Waals surface area contributed by atoms with Crippen molar-refractivity contribution in [3.05, 3.63) is 0 Å². The van der Waals surface area contributed by atoms with Gasteiger partial charge in [-0.15, -0.1) is 0 Å². The summed E-state index contributed by atoms with van der Waals surface area (Å²) in [6.07, 6.45) is 14.7. The summed E-state index contributed by atoms with van der Waals surface area (Å²) in [5, 5.41) is 7.32. The molecule has 0 radical (unpaired) electrons. The summed E-state index contributed by atoms with van der Waals surface area (Å²) < 4.78 is 35.6. The first-order valence-electron chi connectivity index (χ1n) is 8.04. The summed E-state index contributed by atoms with van der Waals surface area (Å²) in [5.41, 5.74) is 0. The minimum atomic E-state index is -5.17. The first kappa shape index (κ1) is 33.2. The Balaban J connectivity index is -0.000000149. The van der Waals surface area contributed by atoms with Crippen molar-refractivity contribution in [2.75, 3.05) is 0 Å². The number of nitrogens with zero attached hydrogens (tertiary/aromatic N) is 1. The number of hydrogen-bond acceptors (Lipinski definition) is 5. The molecule has 0 aliphatic rings. The Bertz CT molecular complexity index is 326. The molecule has 0 aromatic rings. The predicted molar refractivity (Wildman–Crippen MR) is 95.9 cm³/mol. The zero-order chi connectivity index (χ0) is 19.7. The van der Waals surface area contributed by atoms with Crippen LogP contribution in [-0.4, -0.2) is 45.5 Å². The molecule has 0 aromatic carbocycles. The minimum absolute atomic E-state index is 0.106. The molecule has 0 N–H and O–H groups in total. The van der Waals surface area contributed by atoms with Gasteiger partial charge in [-0.05, 0) is 0 Å². The predicted octanol–water partition coefficient (Wildman–Crippen LogP) is 5.06. The number of unbranched alkanes of at least 4 members (excludes halogenated alkanes) is 9. The van der Waals surface area contributed by atoms with Gasteiger partial charge in [0.2, 0.25) is 0 Å². The fraction of sp³-hybridized carbons (Fsp3) is 0.929. The molecule has 0 fully saturated rings. The normalized spacial score (nSPS) is 9.46. The summed E-state index contributed by atoms with van der Waals surface area (Å²) in [6, 6.07) is 1.75. The van der Waals surface area contributed by atoms with Crippen molar-refractivity contribution in [2.24, 2.45) is 0 Å². The molecule has 0 unspecified atom stereocenters. The molecule has 0 atom stereocenters. The van der Waals surface area contributed by atoms with E-state index in [9.17, 15) is 0 Å². The Morgan fingerprint density at radius 2 is 1.17 bits per heavy atom. The number of hydrogen-bond donors (Lipinski definition) is 0.